The summed E-state index contributed by atoms with van der Waals surface area (Å²) in [7, 11) is 0. The highest BCUT2D eigenvalue weighted by Crippen LogP contribution is 2.29. The quantitative estimate of drug-likeness (QED) is 0.804. The van der Waals surface area contributed by atoms with Gasteiger partial charge in [-0.05, 0) is 47.0 Å². The van der Waals surface area contributed by atoms with Gasteiger partial charge in [-0.3, -0.25) is 9.59 Å². The molecule has 0 aliphatic heterocycles. The van der Waals surface area contributed by atoms with Gasteiger partial charge in [0, 0.05) is 23.9 Å². The predicted molar refractivity (Wildman–Crippen MR) is 72.0 cm³/mol. The Balaban J connectivity index is 2.50. The summed E-state index contributed by atoms with van der Waals surface area (Å²) in [6.45, 7) is 7.85. The zero-order valence-corrected chi connectivity index (χ0v) is 12.0. The third kappa shape index (κ3) is 4.67. The molecule has 0 unspecified atom stereocenters. The summed E-state index contributed by atoms with van der Waals surface area (Å²) in [5.41, 5.74) is 0. The molecule has 18 heavy (non-hydrogen) atoms. The number of amides is 2. The van der Waals surface area contributed by atoms with Gasteiger partial charge in [-0.2, -0.15) is 0 Å². The Bertz CT molecular complexity index is 272. The second kappa shape index (κ2) is 6.76. The van der Waals surface area contributed by atoms with Crippen molar-refractivity contribution < 1.29 is 9.59 Å². The molecule has 1 rings (SSSR count). The number of carbonyl (C=O) groups excluding carboxylic acids is 2. The van der Waals surface area contributed by atoms with E-state index in [1.165, 1.54) is 0 Å². The van der Waals surface area contributed by atoms with Crippen LogP contribution in [0, 0.1) is 11.8 Å². The first-order valence-corrected chi connectivity index (χ1v) is 7.01. The maximum absolute atomic E-state index is 12.0. The fourth-order valence-corrected chi connectivity index (χ4v) is 2.47. The molecule has 104 valence electrons. The van der Waals surface area contributed by atoms with Gasteiger partial charge < -0.3 is 10.6 Å². The summed E-state index contributed by atoms with van der Waals surface area (Å²) in [5.74, 6) is 0.215. The lowest BCUT2D eigenvalue weighted by atomic mass is 9.80. The van der Waals surface area contributed by atoms with E-state index >= 15 is 0 Å². The molecule has 0 aromatic heterocycles. The van der Waals surface area contributed by atoms with Gasteiger partial charge >= 0.3 is 0 Å². The molecule has 1 aliphatic carbocycles. The average Bonchev–Trinajstić information content (AvgIpc) is 2.27. The maximum Gasteiger partial charge on any atom is 0.223 e. The van der Waals surface area contributed by atoms with Crippen LogP contribution in [-0.4, -0.2) is 23.9 Å². The van der Waals surface area contributed by atoms with Crippen molar-refractivity contribution in [3.05, 3.63) is 0 Å². The van der Waals surface area contributed by atoms with Crippen LogP contribution >= 0.6 is 0 Å². The molecule has 1 fully saturated rings. The van der Waals surface area contributed by atoms with Crippen LogP contribution in [-0.2, 0) is 9.59 Å². The van der Waals surface area contributed by atoms with Crippen molar-refractivity contribution in [3.63, 3.8) is 0 Å². The van der Waals surface area contributed by atoms with Gasteiger partial charge in [-0.1, -0.05) is 6.42 Å². The average molecular weight is 254 g/mol. The molecule has 0 saturated heterocycles. The molecule has 0 aromatic rings. The first kappa shape index (κ1) is 15.0. The van der Waals surface area contributed by atoms with Gasteiger partial charge in [0.25, 0.3) is 0 Å². The van der Waals surface area contributed by atoms with Crippen LogP contribution < -0.4 is 10.6 Å². The van der Waals surface area contributed by atoms with E-state index in [0.29, 0.717) is 6.42 Å². The van der Waals surface area contributed by atoms with E-state index in [-0.39, 0.29) is 35.7 Å². The summed E-state index contributed by atoms with van der Waals surface area (Å²) in [5, 5.41) is 5.88. The van der Waals surface area contributed by atoms with Gasteiger partial charge in [0.2, 0.25) is 11.8 Å². The van der Waals surface area contributed by atoms with Gasteiger partial charge in [-0.25, -0.2) is 0 Å². The molecule has 1 aliphatic rings. The highest BCUT2D eigenvalue weighted by molar-refractivity contribution is 5.82. The van der Waals surface area contributed by atoms with Crippen LogP contribution in [0.4, 0.5) is 0 Å². The van der Waals surface area contributed by atoms with Crippen LogP contribution in [0.1, 0.15) is 53.4 Å². The summed E-state index contributed by atoms with van der Waals surface area (Å²) < 4.78 is 0. The van der Waals surface area contributed by atoms with Crippen LogP contribution in [0.15, 0.2) is 0 Å². The molecule has 2 atom stereocenters. The lowest BCUT2D eigenvalue weighted by Crippen LogP contribution is -2.42. The second-order valence-corrected chi connectivity index (χ2v) is 5.89. The molecule has 0 heterocycles. The van der Waals surface area contributed by atoms with E-state index in [1.807, 2.05) is 27.7 Å². The number of carbonyl (C=O) groups is 2. The normalized spacial score (nSPS) is 24.1. The lowest BCUT2D eigenvalue weighted by molar-refractivity contribution is -0.130. The minimum atomic E-state index is 0.00376. The summed E-state index contributed by atoms with van der Waals surface area (Å²) in [6, 6.07) is 0.338. The SMILES string of the molecule is CC(C)NC(=O)[C@H]1CCC[C@H](C(=O)NC(C)C)C1. The monoisotopic (exact) mass is 254 g/mol. The Hall–Kier alpha value is -1.06. The van der Waals surface area contributed by atoms with Gasteiger partial charge in [0.15, 0.2) is 0 Å². The lowest BCUT2D eigenvalue weighted by Gasteiger charge is -2.28. The summed E-state index contributed by atoms with van der Waals surface area (Å²) >= 11 is 0. The standard InChI is InChI=1S/C14H26N2O2/c1-9(2)15-13(17)11-6-5-7-12(8-11)14(18)16-10(3)4/h9-12H,5-8H2,1-4H3,(H,15,17)(H,16,18)/t11-,12-/m0/s1. The third-order valence-corrected chi connectivity index (χ3v) is 3.28. The number of hydrogen-bond acceptors (Lipinski definition) is 2. The van der Waals surface area contributed by atoms with E-state index < -0.39 is 0 Å². The van der Waals surface area contributed by atoms with E-state index in [2.05, 4.69) is 10.6 Å². The minimum Gasteiger partial charge on any atom is -0.354 e. The number of rotatable bonds is 4. The summed E-state index contributed by atoms with van der Waals surface area (Å²) in [4.78, 5) is 23.9. The van der Waals surface area contributed by atoms with Gasteiger partial charge in [-0.15, -0.1) is 0 Å². The molecule has 0 bridgehead atoms. The largest absolute Gasteiger partial charge is 0.354 e. The van der Waals surface area contributed by atoms with Crippen molar-refractivity contribution in [3.8, 4) is 0 Å². The first-order chi connectivity index (χ1) is 8.40. The van der Waals surface area contributed by atoms with Crippen molar-refractivity contribution in [2.24, 2.45) is 11.8 Å². The minimum absolute atomic E-state index is 0.00376. The Kier molecular flexibility index (Phi) is 5.63. The molecule has 0 spiro atoms. The number of hydrogen-bond donors (Lipinski definition) is 2. The van der Waals surface area contributed by atoms with E-state index in [4.69, 9.17) is 0 Å². The van der Waals surface area contributed by atoms with Crippen LogP contribution in [0.25, 0.3) is 0 Å². The molecular formula is C14H26N2O2. The predicted octanol–water partition coefficient (Wildman–Crippen LogP) is 1.84. The Morgan fingerprint density at radius 3 is 1.61 bits per heavy atom. The maximum atomic E-state index is 12.0. The third-order valence-electron chi connectivity index (χ3n) is 3.28. The van der Waals surface area contributed by atoms with Crippen molar-refractivity contribution in [1.82, 2.24) is 10.6 Å². The molecule has 1 saturated carbocycles. The highest BCUT2D eigenvalue weighted by atomic mass is 16.2. The zero-order chi connectivity index (χ0) is 13.7. The second-order valence-electron chi connectivity index (χ2n) is 5.89. The van der Waals surface area contributed by atoms with Crippen LogP contribution in [0.3, 0.4) is 0 Å². The zero-order valence-electron chi connectivity index (χ0n) is 12.0. The van der Waals surface area contributed by atoms with E-state index in [0.717, 1.165) is 19.3 Å². The molecule has 4 heteroatoms. The van der Waals surface area contributed by atoms with Gasteiger partial charge in [0.1, 0.15) is 0 Å². The summed E-state index contributed by atoms with van der Waals surface area (Å²) in [6.07, 6.45) is 3.47. The molecule has 0 aromatic carbocycles. The highest BCUT2D eigenvalue weighted by Gasteiger charge is 2.31. The van der Waals surface area contributed by atoms with Crippen LogP contribution in [0.5, 0.6) is 0 Å². The molecule has 2 amide bonds. The van der Waals surface area contributed by atoms with Gasteiger partial charge in [0.05, 0.1) is 0 Å². The Labute approximate surface area is 110 Å². The van der Waals surface area contributed by atoms with Crippen molar-refractivity contribution in [2.45, 2.75) is 65.5 Å². The molecule has 4 nitrogen and oxygen atoms in total. The van der Waals surface area contributed by atoms with E-state index in [9.17, 15) is 9.59 Å². The number of nitrogens with one attached hydrogen (secondary N) is 2. The molecular weight excluding hydrogens is 228 g/mol. The topological polar surface area (TPSA) is 58.2 Å². The fourth-order valence-electron chi connectivity index (χ4n) is 2.47. The molecule has 0 radical (unpaired) electrons. The Morgan fingerprint density at radius 2 is 1.28 bits per heavy atom. The van der Waals surface area contributed by atoms with Crippen molar-refractivity contribution in [2.75, 3.05) is 0 Å². The van der Waals surface area contributed by atoms with E-state index in [1.54, 1.807) is 0 Å². The Morgan fingerprint density at radius 1 is 0.889 bits per heavy atom. The smallest absolute Gasteiger partial charge is 0.223 e. The first-order valence-electron chi connectivity index (χ1n) is 7.01. The van der Waals surface area contributed by atoms with Crippen molar-refractivity contribution in [1.29, 1.82) is 0 Å². The van der Waals surface area contributed by atoms with Crippen LogP contribution in [0.2, 0.25) is 0 Å². The van der Waals surface area contributed by atoms with Crippen molar-refractivity contribution >= 4 is 11.8 Å². The molecule has 2 N–H and O–H groups in total. The fraction of sp³-hybridized carbons (Fsp3) is 0.857.